The summed E-state index contributed by atoms with van der Waals surface area (Å²) in [6, 6.07) is 10.7. The highest BCUT2D eigenvalue weighted by molar-refractivity contribution is 5.75. The molecule has 0 spiro atoms. The van der Waals surface area contributed by atoms with Crippen molar-refractivity contribution in [3.63, 3.8) is 0 Å². The van der Waals surface area contributed by atoms with E-state index in [1.54, 1.807) is 0 Å². The molecule has 4 heterocycles. The molecule has 37 heavy (non-hydrogen) atoms. The van der Waals surface area contributed by atoms with Crippen LogP contribution in [0.25, 0.3) is 16.9 Å². The van der Waals surface area contributed by atoms with E-state index in [0.29, 0.717) is 23.6 Å². The number of nitrogens with one attached hydrogen (secondary N) is 1. The van der Waals surface area contributed by atoms with Crippen LogP contribution in [0.3, 0.4) is 0 Å². The number of hydrogen-bond acceptors (Lipinski definition) is 5. The highest BCUT2D eigenvalue weighted by Gasteiger charge is 2.45. The third-order valence-electron chi connectivity index (χ3n) is 9.73. The zero-order chi connectivity index (χ0) is 25.1. The molecule has 4 bridgehead atoms. The van der Waals surface area contributed by atoms with Crippen molar-refractivity contribution >= 4 is 11.0 Å². The number of aromatic amines is 1. The second kappa shape index (κ2) is 9.08. The van der Waals surface area contributed by atoms with Crippen LogP contribution < -0.4 is 16.8 Å². The maximum Gasteiger partial charge on any atom is 0.334 e. The first-order chi connectivity index (χ1) is 18.0. The third kappa shape index (κ3) is 4.00. The van der Waals surface area contributed by atoms with Gasteiger partial charge in [0.1, 0.15) is 0 Å². The first kappa shape index (κ1) is 23.1. The van der Waals surface area contributed by atoms with E-state index in [0.717, 1.165) is 30.2 Å². The number of aromatic nitrogens is 4. The molecule has 4 fully saturated rings. The van der Waals surface area contributed by atoms with Crippen molar-refractivity contribution in [1.82, 2.24) is 24.0 Å². The maximum absolute atomic E-state index is 14.0. The molecule has 4 aliphatic rings. The van der Waals surface area contributed by atoms with Gasteiger partial charge in [0, 0.05) is 36.4 Å². The predicted octanol–water partition coefficient (Wildman–Crippen LogP) is 3.76. The van der Waals surface area contributed by atoms with Crippen LogP contribution in [-0.2, 0) is 0 Å². The summed E-state index contributed by atoms with van der Waals surface area (Å²) in [5, 5.41) is 0. The van der Waals surface area contributed by atoms with Crippen LogP contribution in [0.2, 0.25) is 0 Å². The fourth-order valence-electron chi connectivity index (χ4n) is 8.38. The van der Waals surface area contributed by atoms with Gasteiger partial charge in [-0.05, 0) is 68.9 Å². The molecule has 8 heteroatoms. The minimum atomic E-state index is -0.645. The normalized spacial score (nSPS) is 31.9. The third-order valence-corrected chi connectivity index (χ3v) is 9.73. The second-order valence-corrected chi connectivity index (χ2v) is 11.9. The van der Waals surface area contributed by atoms with Gasteiger partial charge in [-0.1, -0.05) is 37.8 Å². The largest absolute Gasteiger partial charge is 0.334 e. The van der Waals surface area contributed by atoms with Crippen LogP contribution in [0.15, 0.2) is 50.9 Å². The lowest BCUT2D eigenvalue weighted by atomic mass is 9.68. The number of piperidine rings is 2. The Bertz CT molecular complexity index is 1480. The SMILES string of the molecule is O=c1ccn(-c2nc3ccccc3n(C3CC4CCCC(C3)N4C3CC4CCCC(C4)C3)c2=O)c(=O)[nH]1. The molecule has 8 nitrogen and oxygen atoms in total. The lowest BCUT2D eigenvalue weighted by Gasteiger charge is -2.55. The molecular weight excluding hydrogens is 466 g/mol. The van der Waals surface area contributed by atoms with Crippen LogP contribution in [0.5, 0.6) is 0 Å². The minimum Gasteiger partial charge on any atom is -0.300 e. The molecule has 4 unspecified atom stereocenters. The molecule has 194 valence electrons. The number of H-pyrrole nitrogens is 1. The van der Waals surface area contributed by atoms with Crippen LogP contribution >= 0.6 is 0 Å². The average molecular weight is 502 g/mol. The molecule has 1 N–H and O–H groups in total. The number of hydrogen-bond donors (Lipinski definition) is 1. The summed E-state index contributed by atoms with van der Waals surface area (Å²) in [5.41, 5.74) is 0.0970. The maximum atomic E-state index is 14.0. The van der Waals surface area contributed by atoms with E-state index in [4.69, 9.17) is 0 Å². The zero-order valence-corrected chi connectivity index (χ0v) is 21.2. The van der Waals surface area contributed by atoms with Crippen molar-refractivity contribution in [1.29, 1.82) is 0 Å². The fraction of sp³-hybridized carbons (Fsp3) is 0.586. The number of fused-ring (bicyclic) bond motifs is 5. The van der Waals surface area contributed by atoms with Gasteiger partial charge in [-0.2, -0.15) is 0 Å². The van der Waals surface area contributed by atoms with Crippen LogP contribution in [0.4, 0.5) is 0 Å². The molecule has 0 amide bonds. The highest BCUT2D eigenvalue weighted by Crippen LogP contribution is 2.47. The number of para-hydroxylation sites is 2. The molecule has 2 saturated carbocycles. The molecule has 1 aromatic carbocycles. The van der Waals surface area contributed by atoms with Crippen molar-refractivity contribution in [3.8, 4) is 5.82 Å². The van der Waals surface area contributed by atoms with E-state index in [1.807, 2.05) is 28.8 Å². The first-order valence-electron chi connectivity index (χ1n) is 14.2. The van der Waals surface area contributed by atoms with Crippen molar-refractivity contribution in [2.24, 2.45) is 11.8 Å². The topological polar surface area (TPSA) is 93.0 Å². The zero-order valence-electron chi connectivity index (χ0n) is 21.2. The summed E-state index contributed by atoms with van der Waals surface area (Å²) in [4.78, 5) is 48.0. The quantitative estimate of drug-likeness (QED) is 0.590. The Hall–Kier alpha value is -3.00. The Morgan fingerprint density at radius 2 is 1.46 bits per heavy atom. The lowest BCUT2D eigenvalue weighted by Crippen LogP contribution is -2.58. The van der Waals surface area contributed by atoms with Gasteiger partial charge < -0.3 is 4.57 Å². The summed E-state index contributed by atoms with van der Waals surface area (Å²) in [6.07, 6.45) is 15.3. The van der Waals surface area contributed by atoms with Gasteiger partial charge in [-0.3, -0.25) is 19.5 Å². The Morgan fingerprint density at radius 1 is 0.757 bits per heavy atom. The van der Waals surface area contributed by atoms with E-state index in [-0.39, 0.29) is 17.4 Å². The summed E-state index contributed by atoms with van der Waals surface area (Å²) in [7, 11) is 0. The smallest absolute Gasteiger partial charge is 0.300 e. The molecule has 3 aromatic rings. The van der Waals surface area contributed by atoms with Crippen molar-refractivity contribution in [2.75, 3.05) is 0 Å². The molecule has 0 radical (unpaired) electrons. The van der Waals surface area contributed by atoms with E-state index < -0.39 is 11.2 Å². The van der Waals surface area contributed by atoms with Gasteiger partial charge in [-0.15, -0.1) is 0 Å². The molecule has 2 aliphatic carbocycles. The van der Waals surface area contributed by atoms with Crippen LogP contribution in [0, 0.1) is 11.8 Å². The van der Waals surface area contributed by atoms with Gasteiger partial charge in [0.2, 0.25) is 5.82 Å². The summed E-state index contributed by atoms with van der Waals surface area (Å²) < 4.78 is 3.08. The average Bonchev–Trinajstić information content (AvgIpc) is 2.88. The van der Waals surface area contributed by atoms with E-state index in [1.165, 1.54) is 74.6 Å². The van der Waals surface area contributed by atoms with Crippen LogP contribution in [-0.4, -0.2) is 42.1 Å². The lowest BCUT2D eigenvalue weighted by molar-refractivity contribution is -0.0485. The van der Waals surface area contributed by atoms with Crippen LogP contribution in [0.1, 0.15) is 76.7 Å². The Balaban J connectivity index is 1.28. The Morgan fingerprint density at radius 3 is 2.19 bits per heavy atom. The standard InChI is InChI=1S/C29H35N5O3/c35-26-11-12-32(29(37)31-26)27-28(36)34(25-10-2-1-9-24(25)30-27)23-16-20-7-4-8-21(17-23)33(20)22-14-18-5-3-6-19(13-18)15-22/h1-2,9-12,18-23H,3-8,13-17H2,(H,31,35,37). The van der Waals surface area contributed by atoms with Gasteiger partial charge in [0.05, 0.1) is 11.0 Å². The fourth-order valence-corrected chi connectivity index (χ4v) is 8.38. The molecular formula is C29H35N5O3. The Labute approximate surface area is 215 Å². The number of rotatable bonds is 3. The van der Waals surface area contributed by atoms with Gasteiger partial charge in [0.25, 0.3) is 11.1 Å². The predicted molar refractivity (Wildman–Crippen MR) is 142 cm³/mol. The molecule has 7 rings (SSSR count). The summed E-state index contributed by atoms with van der Waals surface area (Å²) in [5.74, 6) is 1.86. The summed E-state index contributed by atoms with van der Waals surface area (Å²) in [6.45, 7) is 0. The van der Waals surface area contributed by atoms with E-state index in [2.05, 4.69) is 14.9 Å². The number of nitrogens with zero attached hydrogens (tertiary/aromatic N) is 4. The molecule has 2 aromatic heterocycles. The van der Waals surface area contributed by atoms with Crippen molar-refractivity contribution < 1.29 is 0 Å². The molecule has 2 aliphatic heterocycles. The van der Waals surface area contributed by atoms with Gasteiger partial charge in [-0.25, -0.2) is 14.3 Å². The first-order valence-corrected chi connectivity index (χ1v) is 14.2. The summed E-state index contributed by atoms with van der Waals surface area (Å²) >= 11 is 0. The van der Waals surface area contributed by atoms with Crippen molar-refractivity contribution in [3.05, 3.63) is 67.7 Å². The van der Waals surface area contributed by atoms with Gasteiger partial charge in [0.15, 0.2) is 0 Å². The van der Waals surface area contributed by atoms with Crippen molar-refractivity contribution in [2.45, 2.75) is 94.8 Å². The van der Waals surface area contributed by atoms with E-state index >= 15 is 0 Å². The minimum absolute atomic E-state index is 0.0487. The van der Waals surface area contributed by atoms with Gasteiger partial charge >= 0.3 is 5.69 Å². The van der Waals surface area contributed by atoms with E-state index in [9.17, 15) is 14.4 Å². The highest BCUT2D eigenvalue weighted by atomic mass is 16.2. The Kier molecular flexibility index (Phi) is 5.68. The second-order valence-electron chi connectivity index (χ2n) is 11.9. The monoisotopic (exact) mass is 501 g/mol. The molecule has 4 atom stereocenters. The molecule has 2 saturated heterocycles. The number of benzene rings is 1.